The van der Waals surface area contributed by atoms with Crippen molar-refractivity contribution in [1.29, 1.82) is 0 Å². The molecule has 146 valence electrons. The number of halogens is 2. The zero-order valence-electron chi connectivity index (χ0n) is 15.6. The quantitative estimate of drug-likeness (QED) is 0.658. The number of amides is 1. The molecule has 0 radical (unpaired) electrons. The first-order chi connectivity index (χ1) is 12.9. The Morgan fingerprint density at radius 2 is 1.74 bits per heavy atom. The average Bonchev–Trinajstić information content (AvgIpc) is 2.64. The van der Waals surface area contributed by atoms with Gasteiger partial charge in [-0.25, -0.2) is 0 Å². The molecular formula is C20H23F2NO4. The standard InChI is InChI=1S/C20H23F2NO4/c1-4-26-18-11-15(7-10-17(18)27-20(21)22)12-23(2)19(24)16-8-5-14(6-9-16)13-25-3/h5-11,20H,4,12-13H2,1-3H3. The van der Waals surface area contributed by atoms with Gasteiger partial charge in [-0.05, 0) is 42.3 Å². The average molecular weight is 379 g/mol. The number of benzene rings is 2. The van der Waals surface area contributed by atoms with Crippen LogP contribution in [0.1, 0.15) is 28.4 Å². The lowest BCUT2D eigenvalue weighted by atomic mass is 10.1. The van der Waals surface area contributed by atoms with Crippen molar-refractivity contribution < 1.29 is 27.8 Å². The van der Waals surface area contributed by atoms with Gasteiger partial charge < -0.3 is 19.1 Å². The van der Waals surface area contributed by atoms with Crippen LogP contribution in [0, 0.1) is 0 Å². The summed E-state index contributed by atoms with van der Waals surface area (Å²) in [4.78, 5) is 14.1. The summed E-state index contributed by atoms with van der Waals surface area (Å²) in [6.07, 6.45) is 0. The molecule has 0 spiro atoms. The smallest absolute Gasteiger partial charge is 0.387 e. The molecule has 1 amide bonds. The molecule has 0 N–H and O–H groups in total. The molecule has 0 saturated carbocycles. The molecule has 0 aliphatic rings. The number of hydrogen-bond acceptors (Lipinski definition) is 4. The van der Waals surface area contributed by atoms with E-state index in [1.807, 2.05) is 12.1 Å². The molecule has 0 aliphatic heterocycles. The number of carbonyl (C=O) groups is 1. The Bertz CT molecular complexity index is 750. The van der Waals surface area contributed by atoms with E-state index >= 15 is 0 Å². The van der Waals surface area contributed by atoms with Crippen LogP contribution in [-0.2, 0) is 17.9 Å². The Morgan fingerprint density at radius 1 is 1.07 bits per heavy atom. The van der Waals surface area contributed by atoms with Gasteiger partial charge in [0.1, 0.15) is 0 Å². The van der Waals surface area contributed by atoms with Crippen LogP contribution in [-0.4, -0.2) is 38.2 Å². The van der Waals surface area contributed by atoms with E-state index in [1.165, 1.54) is 6.07 Å². The van der Waals surface area contributed by atoms with Crippen molar-refractivity contribution in [3.05, 3.63) is 59.2 Å². The third-order valence-corrected chi connectivity index (χ3v) is 3.80. The second-order valence-corrected chi connectivity index (χ2v) is 5.88. The van der Waals surface area contributed by atoms with E-state index < -0.39 is 6.61 Å². The molecule has 2 rings (SSSR count). The molecule has 27 heavy (non-hydrogen) atoms. The molecule has 0 bridgehead atoms. The van der Waals surface area contributed by atoms with Crippen molar-refractivity contribution in [3.8, 4) is 11.5 Å². The Hall–Kier alpha value is -2.67. The van der Waals surface area contributed by atoms with Crippen molar-refractivity contribution in [1.82, 2.24) is 4.90 Å². The SMILES string of the molecule is CCOc1cc(CN(C)C(=O)c2ccc(COC)cc2)ccc1OC(F)F. The summed E-state index contributed by atoms with van der Waals surface area (Å²) in [6, 6.07) is 11.8. The molecule has 5 nitrogen and oxygen atoms in total. The van der Waals surface area contributed by atoms with Crippen molar-refractivity contribution in [2.45, 2.75) is 26.7 Å². The van der Waals surface area contributed by atoms with Crippen LogP contribution in [0.25, 0.3) is 0 Å². The fourth-order valence-corrected chi connectivity index (χ4v) is 2.59. The highest BCUT2D eigenvalue weighted by atomic mass is 19.3. The van der Waals surface area contributed by atoms with Crippen molar-refractivity contribution in [2.24, 2.45) is 0 Å². The fraction of sp³-hybridized carbons (Fsp3) is 0.350. The summed E-state index contributed by atoms with van der Waals surface area (Å²) in [6.45, 7) is -0.0844. The fourth-order valence-electron chi connectivity index (χ4n) is 2.59. The Kier molecular flexibility index (Phi) is 7.55. The molecular weight excluding hydrogens is 356 g/mol. The van der Waals surface area contributed by atoms with Gasteiger partial charge in [0.05, 0.1) is 13.2 Å². The minimum Gasteiger partial charge on any atom is -0.490 e. The second kappa shape index (κ2) is 9.87. The van der Waals surface area contributed by atoms with Gasteiger partial charge in [-0.1, -0.05) is 18.2 Å². The predicted molar refractivity (Wildman–Crippen MR) is 97.2 cm³/mol. The van der Waals surface area contributed by atoms with Crippen LogP contribution in [0.5, 0.6) is 11.5 Å². The lowest BCUT2D eigenvalue weighted by Gasteiger charge is -2.19. The van der Waals surface area contributed by atoms with E-state index in [9.17, 15) is 13.6 Å². The topological polar surface area (TPSA) is 48.0 Å². The first-order valence-corrected chi connectivity index (χ1v) is 8.48. The molecule has 0 atom stereocenters. The van der Waals surface area contributed by atoms with Crippen LogP contribution >= 0.6 is 0 Å². The third-order valence-electron chi connectivity index (χ3n) is 3.80. The molecule has 0 unspecified atom stereocenters. The molecule has 0 fully saturated rings. The van der Waals surface area contributed by atoms with Gasteiger partial charge in [0.25, 0.3) is 5.91 Å². The Balaban J connectivity index is 2.10. The lowest BCUT2D eigenvalue weighted by molar-refractivity contribution is -0.0514. The third kappa shape index (κ3) is 5.92. The predicted octanol–water partition coefficient (Wildman–Crippen LogP) is 4.11. The number of alkyl halides is 2. The first-order valence-electron chi connectivity index (χ1n) is 8.48. The van der Waals surface area contributed by atoms with Gasteiger partial charge in [0.2, 0.25) is 0 Å². The van der Waals surface area contributed by atoms with E-state index in [0.29, 0.717) is 25.3 Å². The molecule has 0 aromatic heterocycles. The molecule has 0 heterocycles. The Labute approximate surface area is 157 Å². The van der Waals surface area contributed by atoms with Crippen LogP contribution in [0.2, 0.25) is 0 Å². The number of carbonyl (C=O) groups excluding carboxylic acids is 1. The molecule has 2 aromatic rings. The number of methoxy groups -OCH3 is 1. The van der Waals surface area contributed by atoms with Crippen molar-refractivity contribution >= 4 is 5.91 Å². The van der Waals surface area contributed by atoms with E-state index in [1.54, 1.807) is 50.2 Å². The van der Waals surface area contributed by atoms with Gasteiger partial charge >= 0.3 is 6.61 Å². The maximum Gasteiger partial charge on any atom is 0.387 e. The van der Waals surface area contributed by atoms with Crippen LogP contribution < -0.4 is 9.47 Å². The zero-order valence-corrected chi connectivity index (χ0v) is 15.6. The summed E-state index contributed by atoms with van der Waals surface area (Å²) in [5.74, 6) is 0.0446. The number of nitrogens with zero attached hydrogens (tertiary/aromatic N) is 1. The highest BCUT2D eigenvalue weighted by Crippen LogP contribution is 2.30. The van der Waals surface area contributed by atoms with Crippen LogP contribution in [0.3, 0.4) is 0 Å². The van der Waals surface area contributed by atoms with Crippen LogP contribution in [0.15, 0.2) is 42.5 Å². The summed E-state index contributed by atoms with van der Waals surface area (Å²) in [7, 11) is 3.29. The molecule has 7 heteroatoms. The highest BCUT2D eigenvalue weighted by Gasteiger charge is 2.15. The highest BCUT2D eigenvalue weighted by molar-refractivity contribution is 5.94. The minimum atomic E-state index is -2.93. The zero-order chi connectivity index (χ0) is 19.8. The first kappa shape index (κ1) is 20.6. The van der Waals surface area contributed by atoms with E-state index in [4.69, 9.17) is 9.47 Å². The van der Waals surface area contributed by atoms with Gasteiger partial charge in [0, 0.05) is 26.3 Å². The minimum absolute atomic E-state index is 0.0293. The van der Waals surface area contributed by atoms with E-state index in [0.717, 1.165) is 11.1 Å². The number of ether oxygens (including phenoxy) is 3. The lowest BCUT2D eigenvalue weighted by Crippen LogP contribution is -2.26. The largest absolute Gasteiger partial charge is 0.490 e. The normalized spacial score (nSPS) is 10.7. The van der Waals surface area contributed by atoms with Crippen molar-refractivity contribution in [2.75, 3.05) is 20.8 Å². The molecule has 0 aliphatic carbocycles. The van der Waals surface area contributed by atoms with Crippen LogP contribution in [0.4, 0.5) is 8.78 Å². The second-order valence-electron chi connectivity index (χ2n) is 5.88. The van der Waals surface area contributed by atoms with Gasteiger partial charge in [-0.3, -0.25) is 4.79 Å². The summed E-state index contributed by atoms with van der Waals surface area (Å²) in [5.41, 5.74) is 2.28. The summed E-state index contributed by atoms with van der Waals surface area (Å²) < 4.78 is 39.8. The summed E-state index contributed by atoms with van der Waals surface area (Å²) >= 11 is 0. The summed E-state index contributed by atoms with van der Waals surface area (Å²) in [5, 5.41) is 0. The monoisotopic (exact) mass is 379 g/mol. The maximum atomic E-state index is 12.6. The maximum absolute atomic E-state index is 12.6. The number of hydrogen-bond donors (Lipinski definition) is 0. The van der Waals surface area contributed by atoms with Gasteiger partial charge in [-0.2, -0.15) is 8.78 Å². The van der Waals surface area contributed by atoms with Crippen molar-refractivity contribution in [3.63, 3.8) is 0 Å². The number of rotatable bonds is 9. The molecule has 2 aromatic carbocycles. The Morgan fingerprint density at radius 3 is 2.33 bits per heavy atom. The van der Waals surface area contributed by atoms with E-state index in [-0.39, 0.29) is 17.4 Å². The van der Waals surface area contributed by atoms with Gasteiger partial charge in [0.15, 0.2) is 11.5 Å². The molecule has 0 saturated heterocycles. The van der Waals surface area contributed by atoms with Gasteiger partial charge in [-0.15, -0.1) is 0 Å². The van der Waals surface area contributed by atoms with E-state index in [2.05, 4.69) is 4.74 Å².